The van der Waals surface area contributed by atoms with E-state index in [9.17, 15) is 4.39 Å². The molecule has 1 atom stereocenters. The molecule has 2 nitrogen and oxygen atoms in total. The van der Waals surface area contributed by atoms with Gasteiger partial charge < -0.3 is 5.11 Å². The summed E-state index contributed by atoms with van der Waals surface area (Å²) in [4.78, 5) is 0. The fourth-order valence-electron chi connectivity index (χ4n) is 0.940. The summed E-state index contributed by atoms with van der Waals surface area (Å²) in [7, 11) is 0. The lowest BCUT2D eigenvalue weighted by Gasteiger charge is -2.03. The topological polar surface area (TPSA) is 44.0 Å². The summed E-state index contributed by atoms with van der Waals surface area (Å²) in [6, 6.07) is 7.89. The van der Waals surface area contributed by atoms with E-state index in [0.29, 0.717) is 5.56 Å². The molecule has 0 saturated carbocycles. The molecule has 3 heteroatoms. The van der Waals surface area contributed by atoms with Gasteiger partial charge in [0, 0.05) is 0 Å². The van der Waals surface area contributed by atoms with E-state index in [-0.39, 0.29) is 5.75 Å². The monoisotopic (exact) mass is 165 g/mol. The van der Waals surface area contributed by atoms with Crippen LogP contribution in [-0.2, 0) is 0 Å². The van der Waals surface area contributed by atoms with Crippen LogP contribution >= 0.6 is 0 Å². The van der Waals surface area contributed by atoms with E-state index in [0.717, 1.165) is 0 Å². The number of hydrogen-bond acceptors (Lipinski definition) is 2. The van der Waals surface area contributed by atoms with Crippen LogP contribution in [0.25, 0.3) is 0 Å². The van der Waals surface area contributed by atoms with E-state index < -0.39 is 12.6 Å². The average Bonchev–Trinajstić information content (AvgIpc) is 2.07. The molecule has 1 rings (SSSR count). The number of alkyl halides is 1. The molecule has 0 aliphatic heterocycles. The molecule has 1 aromatic rings. The van der Waals surface area contributed by atoms with E-state index in [1.54, 1.807) is 12.1 Å². The molecule has 62 valence electrons. The first-order valence-corrected chi connectivity index (χ1v) is 3.52. The first-order valence-electron chi connectivity index (χ1n) is 3.52. The zero-order valence-corrected chi connectivity index (χ0v) is 6.37. The SMILES string of the molecule is N#CC(CF)c1cccc(O)c1. The Morgan fingerprint density at radius 1 is 1.58 bits per heavy atom. The number of hydrogen-bond donors (Lipinski definition) is 1. The van der Waals surface area contributed by atoms with Crippen LogP contribution in [0.3, 0.4) is 0 Å². The Morgan fingerprint density at radius 2 is 2.33 bits per heavy atom. The van der Waals surface area contributed by atoms with Crippen molar-refractivity contribution in [2.75, 3.05) is 6.67 Å². The highest BCUT2D eigenvalue weighted by molar-refractivity contribution is 5.32. The van der Waals surface area contributed by atoms with Crippen LogP contribution in [0.5, 0.6) is 5.75 Å². The van der Waals surface area contributed by atoms with Gasteiger partial charge in [0.15, 0.2) is 0 Å². The Hall–Kier alpha value is -1.56. The van der Waals surface area contributed by atoms with Crippen molar-refractivity contribution in [1.82, 2.24) is 0 Å². The summed E-state index contributed by atoms with van der Waals surface area (Å²) in [5.74, 6) is -0.710. The molecular formula is C9H8FNO. The maximum absolute atomic E-state index is 12.2. The predicted molar refractivity (Wildman–Crippen MR) is 42.4 cm³/mol. The highest BCUT2D eigenvalue weighted by Crippen LogP contribution is 2.19. The third kappa shape index (κ3) is 1.73. The summed E-state index contributed by atoms with van der Waals surface area (Å²) < 4.78 is 12.2. The van der Waals surface area contributed by atoms with Gasteiger partial charge >= 0.3 is 0 Å². The zero-order valence-electron chi connectivity index (χ0n) is 6.37. The van der Waals surface area contributed by atoms with Crippen LogP contribution in [-0.4, -0.2) is 11.8 Å². The molecule has 0 bridgehead atoms. The van der Waals surface area contributed by atoms with E-state index in [1.807, 2.05) is 6.07 Å². The van der Waals surface area contributed by atoms with Gasteiger partial charge in [-0.3, -0.25) is 0 Å². The Kier molecular flexibility index (Phi) is 2.65. The minimum absolute atomic E-state index is 0.0567. The lowest BCUT2D eigenvalue weighted by Crippen LogP contribution is -1.96. The second kappa shape index (κ2) is 3.72. The van der Waals surface area contributed by atoms with Gasteiger partial charge in [0.1, 0.15) is 12.4 Å². The van der Waals surface area contributed by atoms with E-state index >= 15 is 0 Å². The molecule has 12 heavy (non-hydrogen) atoms. The van der Waals surface area contributed by atoms with Gasteiger partial charge in [-0.1, -0.05) is 12.1 Å². The maximum atomic E-state index is 12.2. The zero-order chi connectivity index (χ0) is 8.97. The Balaban J connectivity index is 2.95. The number of phenols is 1. The first-order chi connectivity index (χ1) is 5.77. The van der Waals surface area contributed by atoms with Crippen molar-refractivity contribution in [2.45, 2.75) is 5.92 Å². The summed E-state index contributed by atoms with van der Waals surface area (Å²) in [5, 5.41) is 17.5. The van der Waals surface area contributed by atoms with E-state index in [2.05, 4.69) is 0 Å². The standard InChI is InChI=1S/C9H8FNO/c10-5-8(6-11)7-2-1-3-9(12)4-7/h1-4,8,12H,5H2. The smallest absolute Gasteiger partial charge is 0.115 e. The highest BCUT2D eigenvalue weighted by Gasteiger charge is 2.09. The second-order valence-electron chi connectivity index (χ2n) is 2.43. The lowest BCUT2D eigenvalue weighted by atomic mass is 10.0. The lowest BCUT2D eigenvalue weighted by molar-refractivity contribution is 0.462. The molecular weight excluding hydrogens is 157 g/mol. The molecule has 0 spiro atoms. The first kappa shape index (κ1) is 8.54. The predicted octanol–water partition coefficient (Wildman–Crippen LogP) is 1.97. The molecule has 0 saturated heterocycles. The molecule has 0 aliphatic rings. The van der Waals surface area contributed by atoms with E-state index in [1.165, 1.54) is 12.1 Å². The van der Waals surface area contributed by atoms with Crippen LogP contribution in [0.15, 0.2) is 24.3 Å². The minimum atomic E-state index is -0.767. The fourth-order valence-corrected chi connectivity index (χ4v) is 0.940. The van der Waals surface area contributed by atoms with Gasteiger partial charge in [-0.15, -0.1) is 0 Å². The van der Waals surface area contributed by atoms with Crippen molar-refractivity contribution in [3.63, 3.8) is 0 Å². The third-order valence-corrected chi connectivity index (χ3v) is 1.58. The summed E-state index contributed by atoms with van der Waals surface area (Å²) in [6.45, 7) is -0.722. The maximum Gasteiger partial charge on any atom is 0.115 e. The number of nitrogens with zero attached hydrogens (tertiary/aromatic N) is 1. The van der Waals surface area contributed by atoms with Crippen molar-refractivity contribution >= 4 is 0 Å². The number of benzene rings is 1. The molecule has 1 aromatic carbocycles. The van der Waals surface area contributed by atoms with Crippen LogP contribution < -0.4 is 0 Å². The van der Waals surface area contributed by atoms with Crippen molar-refractivity contribution in [2.24, 2.45) is 0 Å². The van der Waals surface area contributed by atoms with Crippen molar-refractivity contribution in [3.05, 3.63) is 29.8 Å². The Morgan fingerprint density at radius 3 is 2.83 bits per heavy atom. The average molecular weight is 165 g/mol. The van der Waals surface area contributed by atoms with Crippen molar-refractivity contribution in [3.8, 4) is 11.8 Å². The van der Waals surface area contributed by atoms with Crippen molar-refractivity contribution in [1.29, 1.82) is 5.26 Å². The number of phenolic OH excluding ortho intramolecular Hbond substituents is 1. The van der Waals surface area contributed by atoms with Crippen molar-refractivity contribution < 1.29 is 9.50 Å². The highest BCUT2D eigenvalue weighted by atomic mass is 19.1. The van der Waals surface area contributed by atoms with Gasteiger partial charge in [0.2, 0.25) is 0 Å². The summed E-state index contributed by atoms with van der Waals surface area (Å²) >= 11 is 0. The number of rotatable bonds is 2. The van der Waals surface area contributed by atoms with Crippen LogP contribution in [0, 0.1) is 11.3 Å². The molecule has 0 radical (unpaired) electrons. The number of halogens is 1. The van der Waals surface area contributed by atoms with Gasteiger partial charge in [-0.2, -0.15) is 5.26 Å². The molecule has 0 amide bonds. The van der Waals surface area contributed by atoms with Gasteiger partial charge in [0.25, 0.3) is 0 Å². The number of nitriles is 1. The molecule has 0 heterocycles. The molecule has 1 unspecified atom stereocenters. The van der Waals surface area contributed by atoms with Gasteiger partial charge in [0.05, 0.1) is 12.0 Å². The molecule has 0 aromatic heterocycles. The molecule has 0 fully saturated rings. The quantitative estimate of drug-likeness (QED) is 0.728. The minimum Gasteiger partial charge on any atom is -0.508 e. The van der Waals surface area contributed by atoms with Crippen LogP contribution in [0.1, 0.15) is 11.5 Å². The normalized spacial score (nSPS) is 12.0. The van der Waals surface area contributed by atoms with Gasteiger partial charge in [-0.25, -0.2) is 4.39 Å². The van der Waals surface area contributed by atoms with Crippen LogP contribution in [0.4, 0.5) is 4.39 Å². The fraction of sp³-hybridized carbons (Fsp3) is 0.222. The number of aromatic hydroxyl groups is 1. The molecule has 1 N–H and O–H groups in total. The largest absolute Gasteiger partial charge is 0.508 e. The molecule has 0 aliphatic carbocycles. The summed E-state index contributed by atoms with van der Waals surface area (Å²) in [5.41, 5.74) is 0.514. The van der Waals surface area contributed by atoms with Crippen LogP contribution in [0.2, 0.25) is 0 Å². The Bertz CT molecular complexity index is 306. The Labute approximate surface area is 69.9 Å². The second-order valence-corrected chi connectivity index (χ2v) is 2.43. The van der Waals surface area contributed by atoms with E-state index in [4.69, 9.17) is 10.4 Å². The van der Waals surface area contributed by atoms with Gasteiger partial charge in [-0.05, 0) is 17.7 Å². The summed E-state index contributed by atoms with van der Waals surface area (Å²) in [6.07, 6.45) is 0. The third-order valence-electron chi connectivity index (χ3n) is 1.58.